The molecular weight excluding hydrogens is 288 g/mol. The molecule has 0 saturated carbocycles. The Morgan fingerprint density at radius 1 is 1.47 bits per heavy atom. The first-order valence-corrected chi connectivity index (χ1v) is 5.63. The molecule has 17 heavy (non-hydrogen) atoms. The van der Waals surface area contributed by atoms with E-state index in [0.29, 0.717) is 0 Å². The van der Waals surface area contributed by atoms with Crippen molar-refractivity contribution in [3.05, 3.63) is 44.3 Å². The molecule has 2 aromatic rings. The van der Waals surface area contributed by atoms with Crippen molar-refractivity contribution in [1.29, 1.82) is 0 Å². The Morgan fingerprint density at radius 2 is 2.18 bits per heavy atom. The zero-order chi connectivity index (χ0) is 12.6. The summed E-state index contributed by atoms with van der Waals surface area (Å²) in [5, 5.41) is 15.1. The molecule has 0 aliphatic rings. The van der Waals surface area contributed by atoms with Gasteiger partial charge in [-0.25, -0.2) is 9.67 Å². The van der Waals surface area contributed by atoms with Crippen LogP contribution < -0.4 is 0 Å². The van der Waals surface area contributed by atoms with Crippen LogP contribution in [0.15, 0.2) is 22.8 Å². The van der Waals surface area contributed by atoms with Gasteiger partial charge in [0.2, 0.25) is 5.82 Å². The van der Waals surface area contributed by atoms with Gasteiger partial charge < -0.3 is 0 Å². The van der Waals surface area contributed by atoms with Crippen LogP contribution in [0.4, 0.5) is 5.69 Å². The molecule has 2 heterocycles. The SMILES string of the molecule is Cc1nn(-c2ncccc2[N+](=O)[O-])c(C)c1Br. The van der Waals surface area contributed by atoms with Gasteiger partial charge in [0.1, 0.15) is 0 Å². The minimum Gasteiger partial charge on any atom is -0.258 e. The predicted molar refractivity (Wildman–Crippen MR) is 65.2 cm³/mol. The molecule has 0 N–H and O–H groups in total. The summed E-state index contributed by atoms with van der Waals surface area (Å²) in [6.45, 7) is 3.64. The van der Waals surface area contributed by atoms with E-state index in [1.165, 1.54) is 23.0 Å². The highest BCUT2D eigenvalue weighted by atomic mass is 79.9. The Hall–Kier alpha value is -1.76. The van der Waals surface area contributed by atoms with E-state index in [1.54, 1.807) is 0 Å². The third-order valence-corrected chi connectivity index (χ3v) is 3.51. The van der Waals surface area contributed by atoms with Crippen molar-refractivity contribution >= 4 is 21.6 Å². The van der Waals surface area contributed by atoms with E-state index in [4.69, 9.17) is 0 Å². The summed E-state index contributed by atoms with van der Waals surface area (Å²) in [7, 11) is 0. The molecule has 0 spiro atoms. The number of pyridine rings is 1. The number of halogens is 1. The van der Waals surface area contributed by atoms with Crippen LogP contribution in [0.3, 0.4) is 0 Å². The molecule has 0 aliphatic heterocycles. The standard InChI is InChI=1S/C10H9BrN4O2/c1-6-9(11)7(2)14(13-6)10-8(15(16)17)4-3-5-12-10/h3-5H,1-2H3. The van der Waals surface area contributed by atoms with Crippen LogP contribution in [0.2, 0.25) is 0 Å². The zero-order valence-electron chi connectivity index (χ0n) is 9.22. The average molecular weight is 297 g/mol. The van der Waals surface area contributed by atoms with Gasteiger partial charge in [-0.2, -0.15) is 5.10 Å². The second-order valence-electron chi connectivity index (χ2n) is 3.50. The molecule has 7 heteroatoms. The van der Waals surface area contributed by atoms with Gasteiger partial charge in [-0.05, 0) is 35.8 Å². The van der Waals surface area contributed by atoms with Crippen LogP contribution in [-0.2, 0) is 0 Å². The summed E-state index contributed by atoms with van der Waals surface area (Å²) in [6.07, 6.45) is 1.51. The Bertz CT molecular complexity index is 594. The topological polar surface area (TPSA) is 73.8 Å². The molecule has 0 aliphatic carbocycles. The molecule has 0 radical (unpaired) electrons. The summed E-state index contributed by atoms with van der Waals surface area (Å²) in [4.78, 5) is 14.5. The van der Waals surface area contributed by atoms with E-state index < -0.39 is 4.92 Å². The van der Waals surface area contributed by atoms with E-state index in [2.05, 4.69) is 26.0 Å². The summed E-state index contributed by atoms with van der Waals surface area (Å²) < 4.78 is 2.30. The van der Waals surface area contributed by atoms with Crippen LogP contribution in [0.25, 0.3) is 5.82 Å². The van der Waals surface area contributed by atoms with Gasteiger partial charge >= 0.3 is 5.69 Å². The Labute approximate surface area is 106 Å². The van der Waals surface area contributed by atoms with Crippen LogP contribution >= 0.6 is 15.9 Å². The molecular formula is C10H9BrN4O2. The quantitative estimate of drug-likeness (QED) is 0.630. The monoisotopic (exact) mass is 296 g/mol. The van der Waals surface area contributed by atoms with Crippen molar-refractivity contribution < 1.29 is 4.92 Å². The zero-order valence-corrected chi connectivity index (χ0v) is 10.8. The number of hydrogen-bond donors (Lipinski definition) is 0. The van der Waals surface area contributed by atoms with Crippen LogP contribution in [0.5, 0.6) is 0 Å². The molecule has 6 nitrogen and oxygen atoms in total. The van der Waals surface area contributed by atoms with Gasteiger partial charge in [0.05, 0.1) is 20.8 Å². The van der Waals surface area contributed by atoms with Crippen molar-refractivity contribution in [2.75, 3.05) is 0 Å². The van der Waals surface area contributed by atoms with Gasteiger partial charge in [0.15, 0.2) is 0 Å². The van der Waals surface area contributed by atoms with Crippen LogP contribution in [-0.4, -0.2) is 19.7 Å². The molecule has 0 unspecified atom stereocenters. The lowest BCUT2D eigenvalue weighted by Crippen LogP contribution is -2.05. The molecule has 0 fully saturated rings. The summed E-state index contributed by atoms with van der Waals surface area (Å²) in [5.74, 6) is 0.226. The molecule has 0 bridgehead atoms. The van der Waals surface area contributed by atoms with E-state index in [0.717, 1.165) is 15.9 Å². The first-order valence-electron chi connectivity index (χ1n) is 4.84. The highest BCUT2D eigenvalue weighted by molar-refractivity contribution is 9.10. The Kier molecular flexibility index (Phi) is 2.93. The fourth-order valence-corrected chi connectivity index (χ4v) is 1.77. The van der Waals surface area contributed by atoms with E-state index in [-0.39, 0.29) is 11.5 Å². The maximum Gasteiger partial charge on any atom is 0.313 e. The van der Waals surface area contributed by atoms with Crippen molar-refractivity contribution in [2.24, 2.45) is 0 Å². The maximum absolute atomic E-state index is 10.9. The molecule has 0 aromatic carbocycles. The first kappa shape index (κ1) is 11.7. The minimum absolute atomic E-state index is 0.0643. The second-order valence-corrected chi connectivity index (χ2v) is 4.29. The van der Waals surface area contributed by atoms with E-state index in [1.807, 2.05) is 13.8 Å². The summed E-state index contributed by atoms with van der Waals surface area (Å²) >= 11 is 3.38. The van der Waals surface area contributed by atoms with Crippen LogP contribution in [0.1, 0.15) is 11.4 Å². The lowest BCUT2D eigenvalue weighted by Gasteiger charge is -2.03. The molecule has 2 aromatic heterocycles. The average Bonchev–Trinajstić information content (AvgIpc) is 2.57. The van der Waals surface area contributed by atoms with Crippen molar-refractivity contribution in [3.63, 3.8) is 0 Å². The van der Waals surface area contributed by atoms with E-state index in [9.17, 15) is 10.1 Å². The molecule has 0 atom stereocenters. The normalized spacial score (nSPS) is 10.5. The van der Waals surface area contributed by atoms with Crippen LogP contribution in [0, 0.1) is 24.0 Å². The second kappa shape index (κ2) is 4.25. The Morgan fingerprint density at radius 3 is 2.71 bits per heavy atom. The molecule has 2 rings (SSSR count). The Balaban J connectivity index is 2.68. The third-order valence-electron chi connectivity index (χ3n) is 2.37. The number of rotatable bonds is 2. The predicted octanol–water partition coefficient (Wildman–Crippen LogP) is 2.55. The van der Waals surface area contributed by atoms with Crippen molar-refractivity contribution in [1.82, 2.24) is 14.8 Å². The maximum atomic E-state index is 10.9. The molecule has 0 amide bonds. The first-order chi connectivity index (χ1) is 8.02. The van der Waals surface area contributed by atoms with Gasteiger partial charge in [-0.15, -0.1) is 0 Å². The number of aryl methyl sites for hydroxylation is 1. The fourth-order valence-electron chi connectivity index (χ4n) is 1.52. The van der Waals surface area contributed by atoms with Crippen molar-refractivity contribution in [3.8, 4) is 5.82 Å². The number of aromatic nitrogens is 3. The number of nitrogens with zero attached hydrogens (tertiary/aromatic N) is 4. The molecule has 0 saturated heterocycles. The minimum atomic E-state index is -0.466. The van der Waals surface area contributed by atoms with Gasteiger partial charge in [0, 0.05) is 12.3 Å². The lowest BCUT2D eigenvalue weighted by atomic mass is 10.3. The lowest BCUT2D eigenvalue weighted by molar-refractivity contribution is -0.384. The summed E-state index contributed by atoms with van der Waals surface area (Å²) in [6, 6.07) is 2.94. The van der Waals surface area contributed by atoms with Gasteiger partial charge in [-0.1, -0.05) is 0 Å². The number of hydrogen-bond acceptors (Lipinski definition) is 4. The highest BCUT2D eigenvalue weighted by Gasteiger charge is 2.20. The molecule has 88 valence electrons. The van der Waals surface area contributed by atoms with Gasteiger partial charge in [-0.3, -0.25) is 10.1 Å². The largest absolute Gasteiger partial charge is 0.313 e. The fraction of sp³-hybridized carbons (Fsp3) is 0.200. The van der Waals surface area contributed by atoms with Crippen molar-refractivity contribution in [2.45, 2.75) is 13.8 Å². The smallest absolute Gasteiger partial charge is 0.258 e. The van der Waals surface area contributed by atoms with Gasteiger partial charge in [0.25, 0.3) is 0 Å². The highest BCUT2D eigenvalue weighted by Crippen LogP contribution is 2.26. The number of nitro groups is 1. The summed E-state index contributed by atoms with van der Waals surface area (Å²) in [5.41, 5.74) is 1.48. The third kappa shape index (κ3) is 1.93. The van der Waals surface area contributed by atoms with E-state index >= 15 is 0 Å².